The average Bonchev–Trinajstić information content (AvgIpc) is 3.22. The van der Waals surface area contributed by atoms with Crippen molar-refractivity contribution in [3.8, 4) is 11.3 Å². The van der Waals surface area contributed by atoms with Gasteiger partial charge in [-0.2, -0.15) is 0 Å². The van der Waals surface area contributed by atoms with Crippen LogP contribution < -0.4 is 10.6 Å². The number of carboxylic acid groups (broad SMARTS) is 1. The second-order valence-electron chi connectivity index (χ2n) is 6.05. The first-order chi connectivity index (χ1) is 13.5. The van der Waals surface area contributed by atoms with E-state index in [1.54, 1.807) is 0 Å². The zero-order chi connectivity index (χ0) is 20.4. The summed E-state index contributed by atoms with van der Waals surface area (Å²) in [5.74, 6) is -1.91. The molecule has 1 heterocycles. The van der Waals surface area contributed by atoms with Gasteiger partial charge in [-0.05, 0) is 29.9 Å². The minimum absolute atomic E-state index is 0.0191. The third-order valence-electron chi connectivity index (χ3n) is 3.96. The lowest BCUT2D eigenvalue weighted by Crippen LogP contribution is -2.47. The summed E-state index contributed by atoms with van der Waals surface area (Å²) in [4.78, 5) is 35.0. The molecule has 0 aliphatic heterocycles. The number of aliphatic hydroxyl groups excluding tert-OH is 1. The predicted octanol–water partition coefficient (Wildman–Crippen LogP) is 0.596. The maximum absolute atomic E-state index is 12.2. The highest BCUT2D eigenvalue weighted by Crippen LogP contribution is 2.18. The number of aromatic nitrogens is 2. The summed E-state index contributed by atoms with van der Waals surface area (Å²) in [6, 6.07) is 6.66. The van der Waals surface area contributed by atoms with Gasteiger partial charge in [-0.1, -0.05) is 28.8 Å². The topological polar surface area (TPSA) is 142 Å². The molecule has 0 aliphatic carbocycles. The standard InChI is InChI=1S/C18H22N4O5S/c23-10-9-19-18(27)14(6-8-17(25)26)20-16(24)7-3-12-1-4-13(5-2-12)15-11-28-22-21-15/h1-2,4-5,11,14,23H,3,6-10H2,(H,19,27)(H,20,24)(H,25,26). The molecular weight excluding hydrogens is 384 g/mol. The molecule has 1 aromatic heterocycles. The van der Waals surface area contributed by atoms with E-state index in [9.17, 15) is 14.4 Å². The Kier molecular flexibility index (Phi) is 8.50. The smallest absolute Gasteiger partial charge is 0.303 e. The highest BCUT2D eigenvalue weighted by molar-refractivity contribution is 7.03. The van der Waals surface area contributed by atoms with Gasteiger partial charge < -0.3 is 20.8 Å². The number of nitrogens with one attached hydrogen (secondary N) is 2. The van der Waals surface area contributed by atoms with Crippen LogP contribution in [-0.2, 0) is 20.8 Å². The molecule has 9 nitrogen and oxygen atoms in total. The van der Waals surface area contributed by atoms with Gasteiger partial charge >= 0.3 is 5.97 Å². The van der Waals surface area contributed by atoms with Gasteiger partial charge in [0.2, 0.25) is 11.8 Å². The van der Waals surface area contributed by atoms with Crippen LogP contribution >= 0.6 is 11.5 Å². The van der Waals surface area contributed by atoms with Crippen LogP contribution in [0, 0.1) is 0 Å². The van der Waals surface area contributed by atoms with Crippen LogP contribution in [0.5, 0.6) is 0 Å². The molecule has 0 saturated carbocycles. The van der Waals surface area contributed by atoms with Crippen molar-refractivity contribution in [2.24, 2.45) is 0 Å². The maximum Gasteiger partial charge on any atom is 0.303 e. The van der Waals surface area contributed by atoms with Crippen LogP contribution in [0.1, 0.15) is 24.8 Å². The fourth-order valence-corrected chi connectivity index (χ4v) is 2.96. The van der Waals surface area contributed by atoms with E-state index in [1.165, 1.54) is 11.5 Å². The Morgan fingerprint density at radius 2 is 1.89 bits per heavy atom. The molecule has 0 radical (unpaired) electrons. The van der Waals surface area contributed by atoms with E-state index < -0.39 is 17.9 Å². The highest BCUT2D eigenvalue weighted by atomic mass is 32.1. The van der Waals surface area contributed by atoms with Gasteiger partial charge in [0.15, 0.2) is 0 Å². The van der Waals surface area contributed by atoms with E-state index in [-0.39, 0.29) is 38.3 Å². The van der Waals surface area contributed by atoms with Crippen molar-refractivity contribution in [3.05, 3.63) is 35.2 Å². The van der Waals surface area contributed by atoms with E-state index >= 15 is 0 Å². The largest absolute Gasteiger partial charge is 0.481 e. The van der Waals surface area contributed by atoms with Gasteiger partial charge in [0, 0.05) is 30.3 Å². The molecule has 0 aliphatic rings. The average molecular weight is 406 g/mol. The summed E-state index contributed by atoms with van der Waals surface area (Å²) >= 11 is 1.27. The van der Waals surface area contributed by atoms with Crippen molar-refractivity contribution >= 4 is 29.3 Å². The van der Waals surface area contributed by atoms with Crippen LogP contribution in [0.2, 0.25) is 0 Å². The van der Waals surface area contributed by atoms with Gasteiger partial charge in [0.05, 0.1) is 6.61 Å². The Hall–Kier alpha value is -2.85. The lowest BCUT2D eigenvalue weighted by atomic mass is 10.1. The fourth-order valence-electron chi connectivity index (χ4n) is 2.50. The van der Waals surface area contributed by atoms with Crippen molar-refractivity contribution in [1.29, 1.82) is 0 Å². The minimum Gasteiger partial charge on any atom is -0.481 e. The summed E-state index contributed by atoms with van der Waals surface area (Å²) in [5.41, 5.74) is 2.69. The molecule has 28 heavy (non-hydrogen) atoms. The number of aryl methyl sites for hydroxylation is 1. The maximum atomic E-state index is 12.2. The van der Waals surface area contributed by atoms with Crippen molar-refractivity contribution < 1.29 is 24.6 Å². The zero-order valence-electron chi connectivity index (χ0n) is 15.1. The molecule has 2 aromatic rings. The van der Waals surface area contributed by atoms with E-state index in [2.05, 4.69) is 20.2 Å². The van der Waals surface area contributed by atoms with Crippen molar-refractivity contribution in [2.45, 2.75) is 31.7 Å². The third-order valence-corrected chi connectivity index (χ3v) is 4.46. The van der Waals surface area contributed by atoms with Gasteiger partial charge in [-0.15, -0.1) is 5.10 Å². The van der Waals surface area contributed by atoms with Crippen LogP contribution in [0.15, 0.2) is 29.6 Å². The number of rotatable bonds is 11. The predicted molar refractivity (Wildman–Crippen MR) is 103 cm³/mol. The molecule has 2 rings (SSSR count). The van der Waals surface area contributed by atoms with E-state index in [0.717, 1.165) is 16.8 Å². The number of benzene rings is 1. The number of aliphatic carboxylic acids is 1. The van der Waals surface area contributed by atoms with E-state index in [4.69, 9.17) is 10.2 Å². The van der Waals surface area contributed by atoms with Gasteiger partial charge in [-0.25, -0.2) is 0 Å². The normalized spacial score (nSPS) is 11.6. The number of nitrogens with zero attached hydrogens (tertiary/aromatic N) is 2. The number of hydrogen-bond acceptors (Lipinski definition) is 7. The molecular formula is C18H22N4O5S. The Labute approximate surface area is 165 Å². The molecule has 2 amide bonds. The molecule has 4 N–H and O–H groups in total. The fraction of sp³-hybridized carbons (Fsp3) is 0.389. The number of carbonyl (C=O) groups excluding carboxylic acids is 2. The van der Waals surface area contributed by atoms with Crippen molar-refractivity contribution in [2.75, 3.05) is 13.2 Å². The first-order valence-corrected chi connectivity index (χ1v) is 9.59. The summed E-state index contributed by atoms with van der Waals surface area (Å²) in [6.07, 6.45) is 0.374. The number of carboxylic acids is 1. The Morgan fingerprint density at radius 1 is 1.14 bits per heavy atom. The second-order valence-corrected chi connectivity index (χ2v) is 6.66. The van der Waals surface area contributed by atoms with Crippen LogP contribution in [0.25, 0.3) is 11.3 Å². The van der Waals surface area contributed by atoms with E-state index in [0.29, 0.717) is 6.42 Å². The number of aliphatic hydroxyl groups is 1. The van der Waals surface area contributed by atoms with Gasteiger partial charge in [0.1, 0.15) is 11.7 Å². The minimum atomic E-state index is -1.05. The quantitative estimate of drug-likeness (QED) is 0.428. The van der Waals surface area contributed by atoms with Crippen LogP contribution in [0.4, 0.5) is 0 Å². The first kappa shape index (κ1) is 21.5. The summed E-state index contributed by atoms with van der Waals surface area (Å²) in [6.45, 7) is -0.197. The second kappa shape index (κ2) is 11.1. The molecule has 1 unspecified atom stereocenters. The summed E-state index contributed by atoms with van der Waals surface area (Å²) < 4.78 is 3.82. The van der Waals surface area contributed by atoms with Crippen molar-refractivity contribution in [3.63, 3.8) is 0 Å². The molecule has 0 saturated heterocycles. The molecule has 10 heteroatoms. The number of hydrogen-bond donors (Lipinski definition) is 4. The molecule has 1 aromatic carbocycles. The molecule has 1 atom stereocenters. The zero-order valence-corrected chi connectivity index (χ0v) is 15.9. The Morgan fingerprint density at radius 3 is 2.50 bits per heavy atom. The van der Waals surface area contributed by atoms with Crippen LogP contribution in [-0.4, -0.2) is 56.8 Å². The lowest BCUT2D eigenvalue weighted by molar-refractivity contribution is -0.138. The number of amides is 2. The Bertz CT molecular complexity index is 780. The summed E-state index contributed by atoms with van der Waals surface area (Å²) in [5, 5.41) is 28.5. The lowest BCUT2D eigenvalue weighted by Gasteiger charge is -2.17. The molecule has 0 bridgehead atoms. The van der Waals surface area contributed by atoms with Gasteiger partial charge in [-0.3, -0.25) is 14.4 Å². The SMILES string of the molecule is O=C(O)CCC(NC(=O)CCc1ccc(-c2csnn2)cc1)C(=O)NCCO. The van der Waals surface area contributed by atoms with Crippen molar-refractivity contribution in [1.82, 2.24) is 20.2 Å². The van der Waals surface area contributed by atoms with Crippen LogP contribution in [0.3, 0.4) is 0 Å². The number of carbonyl (C=O) groups is 3. The molecule has 0 spiro atoms. The van der Waals surface area contributed by atoms with Gasteiger partial charge in [0.25, 0.3) is 0 Å². The summed E-state index contributed by atoms with van der Waals surface area (Å²) in [7, 11) is 0. The first-order valence-electron chi connectivity index (χ1n) is 8.75. The highest BCUT2D eigenvalue weighted by Gasteiger charge is 2.21. The third kappa shape index (κ3) is 7.05. The van der Waals surface area contributed by atoms with E-state index in [1.807, 2.05) is 29.6 Å². The molecule has 0 fully saturated rings. The molecule has 150 valence electrons. The Balaban J connectivity index is 1.86. The monoisotopic (exact) mass is 406 g/mol.